The minimum atomic E-state index is -0.0398. The van der Waals surface area contributed by atoms with Crippen LogP contribution in [0, 0.1) is 11.8 Å². The van der Waals surface area contributed by atoms with Crippen molar-refractivity contribution in [1.29, 1.82) is 0 Å². The van der Waals surface area contributed by atoms with Gasteiger partial charge in [-0.15, -0.1) is 0 Å². The molecule has 2 N–H and O–H groups in total. The van der Waals surface area contributed by atoms with Crippen LogP contribution in [0.2, 0.25) is 0 Å². The van der Waals surface area contributed by atoms with Gasteiger partial charge in [0, 0.05) is 12.6 Å². The molecular formula is C14H29NO. The maximum absolute atomic E-state index is 6.46. The second kappa shape index (κ2) is 6.02. The number of rotatable bonds is 5. The van der Waals surface area contributed by atoms with Crippen molar-refractivity contribution in [3.8, 4) is 0 Å². The summed E-state index contributed by atoms with van der Waals surface area (Å²) < 4.78 is 6.10. The molecule has 96 valence electrons. The average Bonchev–Trinajstić information content (AvgIpc) is 2.27. The van der Waals surface area contributed by atoms with Gasteiger partial charge in [0.1, 0.15) is 0 Å². The third kappa shape index (κ3) is 2.98. The summed E-state index contributed by atoms with van der Waals surface area (Å²) in [5, 5.41) is 0. The van der Waals surface area contributed by atoms with E-state index in [0.717, 1.165) is 31.8 Å². The number of ether oxygens (including phenoxy) is 1. The van der Waals surface area contributed by atoms with Crippen molar-refractivity contribution in [2.45, 2.75) is 71.4 Å². The van der Waals surface area contributed by atoms with Gasteiger partial charge in [0.05, 0.1) is 5.60 Å². The highest BCUT2D eigenvalue weighted by molar-refractivity contribution is 4.97. The molecule has 0 amide bonds. The van der Waals surface area contributed by atoms with E-state index in [9.17, 15) is 0 Å². The second-order valence-electron chi connectivity index (χ2n) is 5.61. The van der Waals surface area contributed by atoms with Crippen LogP contribution >= 0.6 is 0 Å². The van der Waals surface area contributed by atoms with Crippen LogP contribution in [-0.2, 0) is 4.74 Å². The van der Waals surface area contributed by atoms with Crippen LogP contribution in [0.1, 0.15) is 59.8 Å². The molecule has 0 aliphatic heterocycles. The summed E-state index contributed by atoms with van der Waals surface area (Å²) in [5.74, 6) is 1.31. The highest BCUT2D eigenvalue weighted by atomic mass is 16.5. The van der Waals surface area contributed by atoms with E-state index in [1.807, 2.05) is 0 Å². The maximum Gasteiger partial charge on any atom is 0.0837 e. The van der Waals surface area contributed by atoms with Gasteiger partial charge in [-0.1, -0.05) is 40.0 Å². The second-order valence-corrected chi connectivity index (χ2v) is 5.61. The molecule has 2 nitrogen and oxygen atoms in total. The Kier molecular flexibility index (Phi) is 5.26. The lowest BCUT2D eigenvalue weighted by Crippen LogP contribution is -2.55. The summed E-state index contributed by atoms with van der Waals surface area (Å²) >= 11 is 0. The standard InChI is InChI=1S/C14H29NO/c1-5-12(4)13(15)14(16-6-2)9-7-8-11(3)10-14/h11-13H,5-10,15H2,1-4H3. The van der Waals surface area contributed by atoms with Crippen LogP contribution in [-0.4, -0.2) is 18.2 Å². The molecule has 0 saturated heterocycles. The molecule has 0 radical (unpaired) electrons. The molecule has 2 heteroatoms. The zero-order chi connectivity index (χ0) is 12.2. The molecule has 0 aromatic heterocycles. The Bertz CT molecular complexity index is 203. The molecule has 16 heavy (non-hydrogen) atoms. The van der Waals surface area contributed by atoms with Gasteiger partial charge < -0.3 is 10.5 Å². The zero-order valence-corrected chi connectivity index (χ0v) is 11.5. The topological polar surface area (TPSA) is 35.2 Å². The Balaban J connectivity index is 2.77. The average molecular weight is 227 g/mol. The van der Waals surface area contributed by atoms with Crippen LogP contribution in [0.3, 0.4) is 0 Å². The van der Waals surface area contributed by atoms with Crippen molar-refractivity contribution in [3.63, 3.8) is 0 Å². The zero-order valence-electron chi connectivity index (χ0n) is 11.5. The van der Waals surface area contributed by atoms with Gasteiger partial charge in [-0.3, -0.25) is 0 Å². The largest absolute Gasteiger partial charge is 0.374 e. The van der Waals surface area contributed by atoms with Crippen molar-refractivity contribution in [1.82, 2.24) is 0 Å². The first-order valence-electron chi connectivity index (χ1n) is 6.95. The fraction of sp³-hybridized carbons (Fsp3) is 1.00. The van der Waals surface area contributed by atoms with Crippen LogP contribution in [0.15, 0.2) is 0 Å². The van der Waals surface area contributed by atoms with Gasteiger partial charge in [-0.25, -0.2) is 0 Å². The first-order chi connectivity index (χ1) is 7.55. The Morgan fingerprint density at radius 1 is 1.44 bits per heavy atom. The maximum atomic E-state index is 6.46. The molecule has 0 spiro atoms. The molecule has 4 atom stereocenters. The van der Waals surface area contributed by atoms with E-state index >= 15 is 0 Å². The predicted octanol–water partition coefficient (Wildman–Crippen LogP) is 3.35. The minimum absolute atomic E-state index is 0.0398. The molecular weight excluding hydrogens is 198 g/mol. The molecule has 1 rings (SSSR count). The quantitative estimate of drug-likeness (QED) is 0.781. The smallest absolute Gasteiger partial charge is 0.0837 e. The van der Waals surface area contributed by atoms with Crippen molar-refractivity contribution in [3.05, 3.63) is 0 Å². The van der Waals surface area contributed by atoms with Crippen LogP contribution in [0.4, 0.5) is 0 Å². The van der Waals surface area contributed by atoms with E-state index in [4.69, 9.17) is 10.5 Å². The number of hydrogen-bond acceptors (Lipinski definition) is 2. The van der Waals surface area contributed by atoms with Crippen molar-refractivity contribution in [2.24, 2.45) is 17.6 Å². The van der Waals surface area contributed by atoms with E-state index in [2.05, 4.69) is 27.7 Å². The third-order valence-electron chi connectivity index (χ3n) is 4.29. The van der Waals surface area contributed by atoms with Crippen LogP contribution in [0.25, 0.3) is 0 Å². The normalized spacial score (nSPS) is 34.7. The Morgan fingerprint density at radius 3 is 2.62 bits per heavy atom. The summed E-state index contributed by atoms with van der Waals surface area (Å²) in [6.45, 7) is 9.68. The molecule has 1 aliphatic rings. The van der Waals surface area contributed by atoms with Crippen LogP contribution in [0.5, 0.6) is 0 Å². The van der Waals surface area contributed by atoms with Gasteiger partial charge in [0.15, 0.2) is 0 Å². The van der Waals surface area contributed by atoms with Crippen molar-refractivity contribution >= 4 is 0 Å². The first-order valence-corrected chi connectivity index (χ1v) is 6.95. The molecule has 0 heterocycles. The lowest BCUT2D eigenvalue weighted by molar-refractivity contribution is -0.102. The Hall–Kier alpha value is -0.0800. The fourth-order valence-electron chi connectivity index (χ4n) is 3.13. The number of nitrogens with two attached hydrogens (primary N) is 1. The lowest BCUT2D eigenvalue weighted by Gasteiger charge is -2.45. The minimum Gasteiger partial charge on any atom is -0.374 e. The highest BCUT2D eigenvalue weighted by Crippen LogP contribution is 2.39. The predicted molar refractivity (Wildman–Crippen MR) is 69.4 cm³/mol. The van der Waals surface area contributed by atoms with Gasteiger partial charge in [0.2, 0.25) is 0 Å². The van der Waals surface area contributed by atoms with Gasteiger partial charge in [0.25, 0.3) is 0 Å². The van der Waals surface area contributed by atoms with Gasteiger partial charge in [-0.05, 0) is 31.6 Å². The van der Waals surface area contributed by atoms with E-state index in [-0.39, 0.29) is 11.6 Å². The molecule has 4 unspecified atom stereocenters. The summed E-state index contributed by atoms with van der Waals surface area (Å²) in [6.07, 6.45) is 6.04. The summed E-state index contributed by atoms with van der Waals surface area (Å²) in [7, 11) is 0. The van der Waals surface area contributed by atoms with Crippen molar-refractivity contribution in [2.75, 3.05) is 6.61 Å². The lowest BCUT2D eigenvalue weighted by atomic mass is 9.71. The van der Waals surface area contributed by atoms with E-state index in [0.29, 0.717) is 5.92 Å². The van der Waals surface area contributed by atoms with E-state index in [1.54, 1.807) is 0 Å². The fourth-order valence-corrected chi connectivity index (χ4v) is 3.13. The van der Waals surface area contributed by atoms with Crippen molar-refractivity contribution < 1.29 is 4.74 Å². The number of hydrogen-bond donors (Lipinski definition) is 1. The molecule has 0 bridgehead atoms. The van der Waals surface area contributed by atoms with E-state index < -0.39 is 0 Å². The summed E-state index contributed by atoms with van der Waals surface area (Å²) in [6, 6.07) is 0.195. The van der Waals surface area contributed by atoms with Gasteiger partial charge in [-0.2, -0.15) is 0 Å². The molecule has 1 fully saturated rings. The molecule has 1 aliphatic carbocycles. The SMILES string of the molecule is CCOC1(C(N)C(C)CC)CCCC(C)C1. The van der Waals surface area contributed by atoms with E-state index in [1.165, 1.54) is 12.8 Å². The summed E-state index contributed by atoms with van der Waals surface area (Å²) in [5.41, 5.74) is 6.42. The highest BCUT2D eigenvalue weighted by Gasteiger charge is 2.42. The Morgan fingerprint density at radius 2 is 2.12 bits per heavy atom. The molecule has 1 saturated carbocycles. The monoisotopic (exact) mass is 227 g/mol. The summed E-state index contributed by atoms with van der Waals surface area (Å²) in [4.78, 5) is 0. The molecule has 0 aromatic rings. The Labute approximate surface area is 101 Å². The third-order valence-corrected chi connectivity index (χ3v) is 4.29. The molecule has 0 aromatic carbocycles. The van der Waals surface area contributed by atoms with Crippen LogP contribution < -0.4 is 5.73 Å². The first kappa shape index (κ1) is 14.0. The van der Waals surface area contributed by atoms with Gasteiger partial charge >= 0.3 is 0 Å².